The predicted octanol–water partition coefficient (Wildman–Crippen LogP) is 3.25. The summed E-state index contributed by atoms with van der Waals surface area (Å²) in [5.74, 6) is 0.487. The smallest absolute Gasteiger partial charge is 0.317 e. The number of nitrogens with one attached hydrogen (secondary N) is 1. The molecule has 1 saturated heterocycles. The van der Waals surface area contributed by atoms with Crippen LogP contribution in [0, 0.1) is 12.8 Å². The summed E-state index contributed by atoms with van der Waals surface area (Å²) in [5.41, 5.74) is 2.47. The second kappa shape index (κ2) is 7.16. The number of hydrogen-bond acceptors (Lipinski definition) is 2. The molecule has 5 heteroatoms. The maximum atomic E-state index is 12.0. The van der Waals surface area contributed by atoms with Gasteiger partial charge in [-0.05, 0) is 36.6 Å². The summed E-state index contributed by atoms with van der Waals surface area (Å²) >= 11 is 3.53. The Bertz CT molecular complexity index is 496. The molecule has 4 nitrogen and oxygen atoms in total. The van der Waals surface area contributed by atoms with Gasteiger partial charge in [-0.15, -0.1) is 0 Å². The molecule has 0 saturated carbocycles. The Morgan fingerprint density at radius 3 is 2.52 bits per heavy atom. The highest BCUT2D eigenvalue weighted by Crippen LogP contribution is 2.23. The lowest BCUT2D eigenvalue weighted by atomic mass is 10.2. The molecule has 1 heterocycles. The molecule has 1 aliphatic heterocycles. The average molecular weight is 354 g/mol. The zero-order valence-corrected chi connectivity index (χ0v) is 14.6. The molecule has 0 bridgehead atoms. The highest BCUT2D eigenvalue weighted by atomic mass is 79.9. The number of carbonyl (C=O) groups is 1. The SMILES string of the molecule is Cc1cc(N2CCN(C(=O)NCC(C)C)CC2)ccc1Br. The van der Waals surface area contributed by atoms with Crippen molar-refractivity contribution in [3.63, 3.8) is 0 Å². The van der Waals surface area contributed by atoms with E-state index in [1.165, 1.54) is 11.3 Å². The summed E-state index contributed by atoms with van der Waals surface area (Å²) in [5, 5.41) is 2.99. The first-order valence-corrected chi connectivity index (χ1v) is 8.30. The minimum atomic E-state index is 0.0651. The first-order valence-electron chi connectivity index (χ1n) is 7.51. The Morgan fingerprint density at radius 2 is 1.95 bits per heavy atom. The molecule has 0 spiro atoms. The van der Waals surface area contributed by atoms with Gasteiger partial charge in [0.1, 0.15) is 0 Å². The van der Waals surface area contributed by atoms with Crippen molar-refractivity contribution in [2.24, 2.45) is 5.92 Å². The van der Waals surface area contributed by atoms with Crippen LogP contribution in [0.5, 0.6) is 0 Å². The van der Waals surface area contributed by atoms with Crippen LogP contribution in [0.25, 0.3) is 0 Å². The molecule has 0 atom stereocenters. The van der Waals surface area contributed by atoms with Gasteiger partial charge >= 0.3 is 6.03 Å². The van der Waals surface area contributed by atoms with Gasteiger partial charge < -0.3 is 15.1 Å². The summed E-state index contributed by atoms with van der Waals surface area (Å²) in [4.78, 5) is 16.3. The Balaban J connectivity index is 1.88. The normalized spacial score (nSPS) is 15.5. The van der Waals surface area contributed by atoms with Crippen molar-refractivity contribution in [1.29, 1.82) is 0 Å². The summed E-state index contributed by atoms with van der Waals surface area (Å²) in [7, 11) is 0. The second-order valence-electron chi connectivity index (χ2n) is 5.99. The van der Waals surface area contributed by atoms with Gasteiger partial charge in [0.05, 0.1) is 0 Å². The average Bonchev–Trinajstić information content (AvgIpc) is 2.48. The molecule has 21 heavy (non-hydrogen) atoms. The van der Waals surface area contributed by atoms with Gasteiger partial charge in [0.25, 0.3) is 0 Å². The van der Waals surface area contributed by atoms with E-state index in [1.807, 2.05) is 4.90 Å². The van der Waals surface area contributed by atoms with Crippen molar-refractivity contribution in [2.75, 3.05) is 37.6 Å². The van der Waals surface area contributed by atoms with Crippen LogP contribution in [0.15, 0.2) is 22.7 Å². The van der Waals surface area contributed by atoms with Crippen molar-refractivity contribution < 1.29 is 4.79 Å². The van der Waals surface area contributed by atoms with Crippen molar-refractivity contribution in [3.05, 3.63) is 28.2 Å². The zero-order chi connectivity index (χ0) is 15.4. The third-order valence-electron chi connectivity index (χ3n) is 3.74. The summed E-state index contributed by atoms with van der Waals surface area (Å²) in [6.07, 6.45) is 0. The summed E-state index contributed by atoms with van der Waals surface area (Å²) < 4.78 is 1.14. The van der Waals surface area contributed by atoms with Gasteiger partial charge in [-0.3, -0.25) is 0 Å². The molecule has 1 aliphatic rings. The van der Waals surface area contributed by atoms with Gasteiger partial charge in [-0.2, -0.15) is 0 Å². The molecule has 2 amide bonds. The van der Waals surface area contributed by atoms with E-state index in [0.717, 1.165) is 37.2 Å². The fourth-order valence-electron chi connectivity index (χ4n) is 2.40. The van der Waals surface area contributed by atoms with Gasteiger partial charge in [0.15, 0.2) is 0 Å². The largest absolute Gasteiger partial charge is 0.368 e. The Morgan fingerprint density at radius 1 is 1.29 bits per heavy atom. The molecule has 0 radical (unpaired) electrons. The van der Waals surface area contributed by atoms with E-state index in [-0.39, 0.29) is 6.03 Å². The molecule has 0 aromatic heterocycles. The fourth-order valence-corrected chi connectivity index (χ4v) is 2.64. The van der Waals surface area contributed by atoms with Crippen molar-refractivity contribution in [3.8, 4) is 0 Å². The Labute approximate surface area is 135 Å². The maximum Gasteiger partial charge on any atom is 0.317 e. The van der Waals surface area contributed by atoms with Gasteiger partial charge in [-0.25, -0.2) is 4.79 Å². The standard InChI is InChI=1S/C16H24BrN3O/c1-12(2)11-18-16(21)20-8-6-19(7-9-20)14-4-5-15(17)13(3)10-14/h4-5,10,12H,6-9,11H2,1-3H3,(H,18,21). The number of nitrogens with zero attached hydrogens (tertiary/aromatic N) is 2. The van der Waals surface area contributed by atoms with Crippen LogP contribution in [-0.4, -0.2) is 43.7 Å². The van der Waals surface area contributed by atoms with Gasteiger partial charge in [0, 0.05) is 42.9 Å². The number of halogens is 1. The zero-order valence-electron chi connectivity index (χ0n) is 13.0. The Kier molecular flexibility index (Phi) is 5.51. The van der Waals surface area contributed by atoms with Crippen molar-refractivity contribution in [2.45, 2.75) is 20.8 Å². The first kappa shape index (κ1) is 16.1. The molecule has 116 valence electrons. The summed E-state index contributed by atoms with van der Waals surface area (Å²) in [6.45, 7) is 10.4. The third kappa shape index (κ3) is 4.37. The summed E-state index contributed by atoms with van der Waals surface area (Å²) in [6, 6.07) is 6.48. The van der Waals surface area contributed by atoms with Crippen LogP contribution < -0.4 is 10.2 Å². The van der Waals surface area contributed by atoms with E-state index >= 15 is 0 Å². The molecular formula is C16H24BrN3O. The van der Waals surface area contributed by atoms with Crippen LogP contribution in [-0.2, 0) is 0 Å². The minimum Gasteiger partial charge on any atom is -0.368 e. The molecule has 2 rings (SSSR count). The van der Waals surface area contributed by atoms with Crippen LogP contribution in [0.2, 0.25) is 0 Å². The van der Waals surface area contributed by atoms with E-state index in [0.29, 0.717) is 5.92 Å². The number of carbonyl (C=O) groups excluding carboxylic acids is 1. The van der Waals surface area contributed by atoms with Crippen molar-refractivity contribution in [1.82, 2.24) is 10.2 Å². The van der Waals surface area contributed by atoms with Crippen molar-refractivity contribution >= 4 is 27.6 Å². The Hall–Kier alpha value is -1.23. The number of urea groups is 1. The van der Waals surface area contributed by atoms with E-state index in [1.54, 1.807) is 0 Å². The predicted molar refractivity (Wildman–Crippen MR) is 90.9 cm³/mol. The third-order valence-corrected chi connectivity index (χ3v) is 4.62. The lowest BCUT2D eigenvalue weighted by Crippen LogP contribution is -2.52. The topological polar surface area (TPSA) is 35.6 Å². The molecule has 0 unspecified atom stereocenters. The van der Waals surface area contributed by atoms with Gasteiger partial charge in [-0.1, -0.05) is 29.8 Å². The first-order chi connectivity index (χ1) is 9.97. The van der Waals surface area contributed by atoms with E-state index in [4.69, 9.17) is 0 Å². The van der Waals surface area contributed by atoms with E-state index in [2.05, 4.69) is 65.1 Å². The molecule has 1 fully saturated rings. The number of anilines is 1. The van der Waals surface area contributed by atoms with Crippen LogP contribution in [0.3, 0.4) is 0 Å². The number of piperazine rings is 1. The molecule has 0 aliphatic carbocycles. The highest BCUT2D eigenvalue weighted by Gasteiger charge is 2.21. The molecule has 1 aromatic rings. The molecule has 1 N–H and O–H groups in total. The van der Waals surface area contributed by atoms with Gasteiger partial charge in [0.2, 0.25) is 0 Å². The molecular weight excluding hydrogens is 330 g/mol. The number of benzene rings is 1. The van der Waals surface area contributed by atoms with Crippen LogP contribution in [0.4, 0.5) is 10.5 Å². The fraction of sp³-hybridized carbons (Fsp3) is 0.562. The molecule has 1 aromatic carbocycles. The minimum absolute atomic E-state index is 0.0651. The number of hydrogen-bond donors (Lipinski definition) is 1. The van der Waals surface area contributed by atoms with Crippen LogP contribution in [0.1, 0.15) is 19.4 Å². The lowest BCUT2D eigenvalue weighted by Gasteiger charge is -2.36. The van der Waals surface area contributed by atoms with E-state index < -0.39 is 0 Å². The van der Waals surface area contributed by atoms with Crippen LogP contribution >= 0.6 is 15.9 Å². The lowest BCUT2D eigenvalue weighted by molar-refractivity contribution is 0.193. The van der Waals surface area contributed by atoms with E-state index in [9.17, 15) is 4.79 Å². The second-order valence-corrected chi connectivity index (χ2v) is 6.84. The quantitative estimate of drug-likeness (QED) is 0.905. The monoisotopic (exact) mass is 353 g/mol. The number of amides is 2. The number of rotatable bonds is 3. The maximum absolute atomic E-state index is 12.0. The highest BCUT2D eigenvalue weighted by molar-refractivity contribution is 9.10. The number of aryl methyl sites for hydroxylation is 1.